The van der Waals surface area contributed by atoms with Crippen molar-refractivity contribution in [3.8, 4) is 0 Å². The highest BCUT2D eigenvalue weighted by Crippen LogP contribution is 2.14. The highest BCUT2D eigenvalue weighted by Gasteiger charge is 2.23. The van der Waals surface area contributed by atoms with Crippen molar-refractivity contribution in [1.82, 2.24) is 15.1 Å². The number of hydrogen-bond donors (Lipinski definition) is 1. The molecular weight excluding hydrogens is 250 g/mol. The zero-order chi connectivity index (χ0) is 15.1. The Morgan fingerprint density at radius 1 is 1.20 bits per heavy atom. The van der Waals surface area contributed by atoms with Gasteiger partial charge in [0.25, 0.3) is 0 Å². The Morgan fingerprint density at radius 3 is 2.40 bits per heavy atom. The molecule has 0 aliphatic carbocycles. The van der Waals surface area contributed by atoms with Crippen molar-refractivity contribution in [2.24, 2.45) is 0 Å². The van der Waals surface area contributed by atoms with Crippen LogP contribution in [0.4, 0.5) is 0 Å². The summed E-state index contributed by atoms with van der Waals surface area (Å²) in [7, 11) is 0. The molecular formula is C16H33N3O. The minimum Gasteiger partial charge on any atom is -0.342 e. The smallest absolute Gasteiger partial charge is 0.239 e. The Labute approximate surface area is 124 Å². The van der Waals surface area contributed by atoms with E-state index in [1.54, 1.807) is 0 Å². The van der Waals surface area contributed by atoms with E-state index in [1.165, 1.54) is 19.4 Å². The summed E-state index contributed by atoms with van der Waals surface area (Å²) in [4.78, 5) is 16.7. The number of nitrogens with one attached hydrogen (secondary N) is 1. The highest BCUT2D eigenvalue weighted by molar-refractivity contribution is 5.81. The summed E-state index contributed by atoms with van der Waals surface area (Å²) in [6.07, 6.45) is 3.55. The lowest BCUT2D eigenvalue weighted by atomic mass is 10.1. The van der Waals surface area contributed by atoms with Crippen LogP contribution in [0.25, 0.3) is 0 Å². The second-order valence-electron chi connectivity index (χ2n) is 6.16. The first-order valence-corrected chi connectivity index (χ1v) is 8.28. The molecule has 0 bridgehead atoms. The number of likely N-dealkylation sites (N-methyl/N-ethyl adjacent to an activating group) is 1. The maximum atomic E-state index is 12.3. The van der Waals surface area contributed by atoms with Gasteiger partial charge in [-0.15, -0.1) is 0 Å². The minimum absolute atomic E-state index is 0.0644. The van der Waals surface area contributed by atoms with Crippen LogP contribution in [0.2, 0.25) is 0 Å². The normalized spacial score (nSPS) is 22.6. The van der Waals surface area contributed by atoms with Crippen LogP contribution in [0, 0.1) is 0 Å². The van der Waals surface area contributed by atoms with Crippen molar-refractivity contribution in [2.75, 3.05) is 26.2 Å². The highest BCUT2D eigenvalue weighted by atomic mass is 16.2. The van der Waals surface area contributed by atoms with Crippen molar-refractivity contribution in [3.63, 3.8) is 0 Å². The maximum absolute atomic E-state index is 12.3. The number of carbonyl (C=O) groups is 1. The van der Waals surface area contributed by atoms with Crippen molar-refractivity contribution in [3.05, 3.63) is 0 Å². The first kappa shape index (κ1) is 17.4. The summed E-state index contributed by atoms with van der Waals surface area (Å²) in [6.45, 7) is 14.5. The van der Waals surface area contributed by atoms with Gasteiger partial charge in [0.15, 0.2) is 0 Å². The third kappa shape index (κ3) is 5.06. The van der Waals surface area contributed by atoms with Gasteiger partial charge < -0.3 is 15.1 Å². The monoisotopic (exact) mass is 283 g/mol. The van der Waals surface area contributed by atoms with Crippen LogP contribution in [0.15, 0.2) is 0 Å². The lowest BCUT2D eigenvalue weighted by Gasteiger charge is -2.27. The van der Waals surface area contributed by atoms with E-state index in [9.17, 15) is 4.79 Å². The van der Waals surface area contributed by atoms with Crippen molar-refractivity contribution in [1.29, 1.82) is 0 Å². The number of nitrogens with zero attached hydrogens (tertiary/aromatic N) is 2. The fraction of sp³-hybridized carbons (Fsp3) is 0.938. The maximum Gasteiger partial charge on any atom is 0.239 e. The van der Waals surface area contributed by atoms with E-state index >= 15 is 0 Å². The average Bonchev–Trinajstić information content (AvgIpc) is 2.65. The Bertz CT molecular complexity index is 289. The molecule has 1 heterocycles. The summed E-state index contributed by atoms with van der Waals surface area (Å²) in [6, 6.07) is 1.04. The quantitative estimate of drug-likeness (QED) is 0.811. The zero-order valence-corrected chi connectivity index (χ0v) is 14.0. The number of amides is 1. The van der Waals surface area contributed by atoms with Gasteiger partial charge in [-0.2, -0.15) is 0 Å². The lowest BCUT2D eigenvalue weighted by molar-refractivity contribution is -0.132. The molecule has 0 aromatic rings. The Kier molecular flexibility index (Phi) is 7.52. The molecule has 0 spiro atoms. The number of likely N-dealkylation sites (tertiary alicyclic amines) is 1. The topological polar surface area (TPSA) is 35.6 Å². The molecule has 1 fully saturated rings. The molecule has 1 amide bonds. The van der Waals surface area contributed by atoms with Gasteiger partial charge >= 0.3 is 0 Å². The third-order valence-electron chi connectivity index (χ3n) is 4.42. The number of hydrogen-bond acceptors (Lipinski definition) is 3. The first-order valence-electron chi connectivity index (χ1n) is 8.28. The fourth-order valence-electron chi connectivity index (χ4n) is 3.04. The van der Waals surface area contributed by atoms with Crippen LogP contribution < -0.4 is 5.32 Å². The van der Waals surface area contributed by atoms with Crippen LogP contribution in [0.5, 0.6) is 0 Å². The second-order valence-corrected chi connectivity index (χ2v) is 6.16. The molecule has 1 saturated heterocycles. The van der Waals surface area contributed by atoms with Crippen molar-refractivity contribution >= 4 is 5.91 Å². The predicted octanol–water partition coefficient (Wildman–Crippen LogP) is 2.10. The van der Waals surface area contributed by atoms with E-state index in [2.05, 4.69) is 24.1 Å². The fourth-order valence-corrected chi connectivity index (χ4v) is 3.04. The molecule has 0 radical (unpaired) electrons. The van der Waals surface area contributed by atoms with E-state index in [0.717, 1.165) is 26.1 Å². The zero-order valence-electron chi connectivity index (χ0n) is 14.0. The standard InChI is InChI=1S/C16H33N3O/c1-6-18(7-2)16(20)14(5)17-15-9-8-11-19(12-10-15)13(3)4/h13-15,17H,6-12H2,1-5H3. The van der Waals surface area contributed by atoms with Crippen LogP contribution in [0.3, 0.4) is 0 Å². The summed E-state index contributed by atoms with van der Waals surface area (Å²) < 4.78 is 0. The predicted molar refractivity (Wildman–Crippen MR) is 84.9 cm³/mol. The Balaban J connectivity index is 2.45. The largest absolute Gasteiger partial charge is 0.342 e. The van der Waals surface area contributed by atoms with E-state index in [4.69, 9.17) is 0 Å². The van der Waals surface area contributed by atoms with Gasteiger partial charge in [0.2, 0.25) is 5.91 Å². The second kappa shape index (κ2) is 8.63. The molecule has 2 atom stereocenters. The summed E-state index contributed by atoms with van der Waals surface area (Å²) in [5.41, 5.74) is 0. The van der Waals surface area contributed by atoms with Gasteiger partial charge in [0, 0.05) is 25.2 Å². The van der Waals surface area contributed by atoms with Crippen LogP contribution in [-0.2, 0) is 4.79 Å². The number of carbonyl (C=O) groups excluding carboxylic acids is 1. The van der Waals surface area contributed by atoms with E-state index in [0.29, 0.717) is 12.1 Å². The van der Waals surface area contributed by atoms with Gasteiger partial charge in [-0.05, 0) is 67.0 Å². The van der Waals surface area contributed by atoms with Crippen molar-refractivity contribution < 1.29 is 4.79 Å². The van der Waals surface area contributed by atoms with Gasteiger partial charge in [0.1, 0.15) is 0 Å². The van der Waals surface area contributed by atoms with Crippen LogP contribution in [-0.4, -0.2) is 60.0 Å². The summed E-state index contributed by atoms with van der Waals surface area (Å²) in [5.74, 6) is 0.236. The Hall–Kier alpha value is -0.610. The third-order valence-corrected chi connectivity index (χ3v) is 4.42. The van der Waals surface area contributed by atoms with E-state index in [1.807, 2.05) is 25.7 Å². The molecule has 4 nitrogen and oxygen atoms in total. The van der Waals surface area contributed by atoms with Crippen LogP contribution in [0.1, 0.15) is 53.9 Å². The van der Waals surface area contributed by atoms with Gasteiger partial charge in [0.05, 0.1) is 6.04 Å². The molecule has 1 rings (SSSR count). The molecule has 1 aliphatic heterocycles. The van der Waals surface area contributed by atoms with Crippen LogP contribution >= 0.6 is 0 Å². The molecule has 2 unspecified atom stereocenters. The number of rotatable bonds is 6. The van der Waals surface area contributed by atoms with Crippen molar-refractivity contribution in [2.45, 2.75) is 72.0 Å². The molecule has 0 saturated carbocycles. The lowest BCUT2D eigenvalue weighted by Crippen LogP contribution is -2.48. The van der Waals surface area contributed by atoms with Gasteiger partial charge in [-0.3, -0.25) is 4.79 Å². The molecule has 4 heteroatoms. The molecule has 1 aliphatic rings. The Morgan fingerprint density at radius 2 is 1.85 bits per heavy atom. The first-order chi connectivity index (χ1) is 9.49. The van der Waals surface area contributed by atoms with E-state index < -0.39 is 0 Å². The SMILES string of the molecule is CCN(CC)C(=O)C(C)NC1CCCN(C(C)C)CC1. The molecule has 20 heavy (non-hydrogen) atoms. The molecule has 0 aromatic carbocycles. The average molecular weight is 283 g/mol. The van der Waals surface area contributed by atoms with Gasteiger partial charge in [-0.1, -0.05) is 0 Å². The van der Waals surface area contributed by atoms with Gasteiger partial charge in [-0.25, -0.2) is 0 Å². The summed E-state index contributed by atoms with van der Waals surface area (Å²) in [5, 5.41) is 3.55. The van der Waals surface area contributed by atoms with E-state index in [-0.39, 0.29) is 11.9 Å². The molecule has 1 N–H and O–H groups in total. The minimum atomic E-state index is -0.0644. The molecule has 118 valence electrons. The molecule has 0 aromatic heterocycles. The summed E-state index contributed by atoms with van der Waals surface area (Å²) >= 11 is 0.